The second-order valence-corrected chi connectivity index (χ2v) is 18.4. The fourth-order valence-corrected chi connectivity index (χ4v) is 7.51. The number of esters is 2. The summed E-state index contributed by atoms with van der Waals surface area (Å²) in [6, 6.07) is -0.727. The molecule has 0 aromatic rings. The molecule has 0 spiro atoms. The van der Waals surface area contributed by atoms with Crippen molar-refractivity contribution in [2.75, 3.05) is 41.0 Å². The number of unbranched alkanes of at least 4 members (excludes halogenated alkanes) is 26. The van der Waals surface area contributed by atoms with Crippen LogP contribution in [0.25, 0.3) is 0 Å². The molecule has 2 unspecified atom stereocenters. The molecule has 0 radical (unpaired) electrons. The minimum absolute atomic E-state index is 0.0394. The Labute approximate surface area is 376 Å². The van der Waals surface area contributed by atoms with E-state index in [-0.39, 0.29) is 42.7 Å². The topological polar surface area (TPSA) is 102 Å². The molecule has 0 N–H and O–H groups in total. The van der Waals surface area contributed by atoms with Crippen molar-refractivity contribution >= 4 is 17.9 Å². The summed E-state index contributed by atoms with van der Waals surface area (Å²) in [7, 11) is 5.42. The molecule has 0 saturated carbocycles. The molecular weight excluding hydrogens is 763 g/mol. The van der Waals surface area contributed by atoms with E-state index >= 15 is 0 Å². The highest BCUT2D eigenvalue weighted by molar-refractivity contribution is 5.70. The lowest BCUT2D eigenvalue weighted by atomic mass is 10.1. The number of likely N-dealkylation sites (N-methyl/N-ethyl adjacent to an activating group) is 1. The van der Waals surface area contributed by atoms with Crippen molar-refractivity contribution in [1.82, 2.24) is 0 Å². The number of nitrogens with zero attached hydrogens (tertiary/aromatic N) is 1. The van der Waals surface area contributed by atoms with Crippen molar-refractivity contribution in [2.45, 2.75) is 244 Å². The molecule has 0 aliphatic heterocycles. The number of carbonyl (C=O) groups excluding carboxylic acids is 3. The van der Waals surface area contributed by atoms with Crippen LogP contribution in [0.15, 0.2) is 36.5 Å². The van der Waals surface area contributed by atoms with E-state index in [1.165, 1.54) is 154 Å². The summed E-state index contributed by atoms with van der Waals surface area (Å²) in [6.45, 7) is 4.65. The number of quaternary nitrogens is 1. The van der Waals surface area contributed by atoms with Gasteiger partial charge in [-0.2, -0.15) is 0 Å². The molecule has 0 aliphatic rings. The molecule has 2 atom stereocenters. The average molecular weight is 860 g/mol. The lowest BCUT2D eigenvalue weighted by molar-refractivity contribution is -0.889. The molecule has 0 saturated heterocycles. The van der Waals surface area contributed by atoms with Crippen LogP contribution in [0, 0.1) is 0 Å². The highest BCUT2D eigenvalue weighted by Crippen LogP contribution is 2.15. The SMILES string of the molecule is CCCCC/C=C\C/C=C\CCCCCCCCCCCC(=O)OC(COCCC(C(=O)[O-])[N+](C)(C)C)COC(=O)CCCCCCCCC/C=C\CCCCCCCCC. The maximum absolute atomic E-state index is 12.8. The van der Waals surface area contributed by atoms with Crippen LogP contribution in [0.4, 0.5) is 0 Å². The molecule has 8 nitrogen and oxygen atoms in total. The Balaban J connectivity index is 4.26. The second kappa shape index (κ2) is 44.2. The Morgan fingerprint density at radius 1 is 0.492 bits per heavy atom. The maximum atomic E-state index is 12.8. The number of carboxylic acid groups (broad SMARTS) is 1. The van der Waals surface area contributed by atoms with Crippen LogP contribution in [0.5, 0.6) is 0 Å². The summed E-state index contributed by atoms with van der Waals surface area (Å²) in [5, 5.41) is 11.7. The zero-order valence-electron chi connectivity index (χ0n) is 40.6. The summed E-state index contributed by atoms with van der Waals surface area (Å²) >= 11 is 0. The molecule has 0 amide bonds. The molecule has 61 heavy (non-hydrogen) atoms. The van der Waals surface area contributed by atoms with Crippen molar-refractivity contribution in [3.63, 3.8) is 0 Å². The first-order chi connectivity index (χ1) is 29.6. The van der Waals surface area contributed by atoms with Crippen LogP contribution in [0.3, 0.4) is 0 Å². The van der Waals surface area contributed by atoms with E-state index in [9.17, 15) is 19.5 Å². The largest absolute Gasteiger partial charge is 0.544 e. The summed E-state index contributed by atoms with van der Waals surface area (Å²) in [5.74, 6) is -1.74. The van der Waals surface area contributed by atoms with E-state index in [0.29, 0.717) is 12.8 Å². The van der Waals surface area contributed by atoms with Gasteiger partial charge in [0.2, 0.25) is 0 Å². The number of ether oxygens (including phenoxy) is 3. The summed E-state index contributed by atoms with van der Waals surface area (Å²) in [4.78, 5) is 37.0. The molecule has 0 rings (SSSR count). The quantitative estimate of drug-likeness (QED) is 0.0260. The van der Waals surface area contributed by atoms with Crippen LogP contribution in [-0.2, 0) is 28.6 Å². The van der Waals surface area contributed by atoms with Gasteiger partial charge in [0.1, 0.15) is 12.6 Å². The highest BCUT2D eigenvalue weighted by atomic mass is 16.6. The van der Waals surface area contributed by atoms with Gasteiger partial charge in [-0.15, -0.1) is 0 Å². The third-order valence-corrected chi connectivity index (χ3v) is 11.5. The van der Waals surface area contributed by atoms with Gasteiger partial charge in [0, 0.05) is 19.3 Å². The molecule has 0 aliphatic carbocycles. The van der Waals surface area contributed by atoms with Gasteiger partial charge in [-0.3, -0.25) is 9.59 Å². The van der Waals surface area contributed by atoms with E-state index in [2.05, 4.69) is 50.3 Å². The van der Waals surface area contributed by atoms with Crippen LogP contribution in [0.2, 0.25) is 0 Å². The van der Waals surface area contributed by atoms with Crippen LogP contribution in [0.1, 0.15) is 232 Å². The van der Waals surface area contributed by atoms with Crippen LogP contribution >= 0.6 is 0 Å². The summed E-state index contributed by atoms with van der Waals surface area (Å²) in [5.41, 5.74) is 0. The fourth-order valence-electron chi connectivity index (χ4n) is 7.51. The van der Waals surface area contributed by atoms with E-state index in [4.69, 9.17) is 14.2 Å². The second-order valence-electron chi connectivity index (χ2n) is 18.4. The van der Waals surface area contributed by atoms with Gasteiger partial charge in [0.15, 0.2) is 6.10 Å². The monoisotopic (exact) mass is 860 g/mol. The molecule has 0 aromatic carbocycles. The minimum Gasteiger partial charge on any atom is -0.544 e. The van der Waals surface area contributed by atoms with Crippen molar-refractivity contribution < 1.29 is 38.2 Å². The number of allylic oxidation sites excluding steroid dienone is 6. The molecule has 0 heterocycles. The Kier molecular flexibility index (Phi) is 42.4. The molecule has 0 bridgehead atoms. The van der Waals surface area contributed by atoms with Gasteiger partial charge in [-0.1, -0.05) is 179 Å². The Morgan fingerprint density at radius 3 is 1.31 bits per heavy atom. The number of hydrogen-bond donors (Lipinski definition) is 0. The number of rotatable bonds is 46. The van der Waals surface area contributed by atoms with E-state index in [0.717, 1.165) is 44.9 Å². The lowest BCUT2D eigenvalue weighted by Gasteiger charge is -2.34. The van der Waals surface area contributed by atoms with Gasteiger partial charge in [0.05, 0.1) is 40.3 Å². The van der Waals surface area contributed by atoms with Gasteiger partial charge >= 0.3 is 11.9 Å². The van der Waals surface area contributed by atoms with Crippen molar-refractivity contribution in [1.29, 1.82) is 0 Å². The summed E-state index contributed by atoms with van der Waals surface area (Å²) in [6.07, 6.45) is 51.6. The van der Waals surface area contributed by atoms with Crippen molar-refractivity contribution in [2.24, 2.45) is 0 Å². The predicted octanol–water partition coefficient (Wildman–Crippen LogP) is 13.3. The smallest absolute Gasteiger partial charge is 0.306 e. The zero-order chi connectivity index (χ0) is 44.9. The number of carboxylic acids is 1. The Bertz CT molecular complexity index is 1090. The first-order valence-electron chi connectivity index (χ1n) is 25.5. The fraction of sp³-hybridized carbons (Fsp3) is 0.830. The average Bonchev–Trinajstić information content (AvgIpc) is 3.22. The molecule has 0 fully saturated rings. The van der Waals surface area contributed by atoms with Crippen LogP contribution in [-0.4, -0.2) is 75.5 Å². The van der Waals surface area contributed by atoms with Crippen LogP contribution < -0.4 is 5.11 Å². The van der Waals surface area contributed by atoms with E-state index in [1.807, 2.05) is 0 Å². The molecule has 356 valence electrons. The van der Waals surface area contributed by atoms with Crippen molar-refractivity contribution in [3.8, 4) is 0 Å². The maximum Gasteiger partial charge on any atom is 0.306 e. The highest BCUT2D eigenvalue weighted by Gasteiger charge is 2.25. The first kappa shape index (κ1) is 58.6. The van der Waals surface area contributed by atoms with Gasteiger partial charge in [-0.05, 0) is 70.6 Å². The van der Waals surface area contributed by atoms with Gasteiger partial charge in [-0.25, -0.2) is 0 Å². The predicted molar refractivity (Wildman–Crippen MR) is 254 cm³/mol. The zero-order valence-corrected chi connectivity index (χ0v) is 40.6. The van der Waals surface area contributed by atoms with E-state index < -0.39 is 18.1 Å². The standard InChI is InChI=1S/C53H97NO7/c1-6-8-10-12-14-16-18-20-22-24-26-28-30-32-34-36-38-40-42-44-52(56)61-49(47-59-46-45-50(53(57)58)54(3,4)5)48-60-51(55)43-41-39-37-35-33-31-29-27-25-23-21-19-17-15-13-11-9-7-2/h14,16,20,22-23,25,49-50H,6-13,15,17-19,21,24,26-48H2,1-5H3/b16-14-,22-20-,25-23-. The summed E-state index contributed by atoms with van der Waals surface area (Å²) < 4.78 is 17.2. The lowest BCUT2D eigenvalue weighted by Crippen LogP contribution is -2.55. The normalized spacial score (nSPS) is 13.1. The Hall–Kier alpha value is -2.45. The third kappa shape index (κ3) is 42.6. The molecule has 0 aromatic heterocycles. The molecule has 8 heteroatoms. The van der Waals surface area contributed by atoms with Crippen molar-refractivity contribution in [3.05, 3.63) is 36.5 Å². The van der Waals surface area contributed by atoms with E-state index in [1.54, 1.807) is 21.1 Å². The van der Waals surface area contributed by atoms with Gasteiger partial charge < -0.3 is 28.6 Å². The van der Waals surface area contributed by atoms with Gasteiger partial charge in [0.25, 0.3) is 0 Å². The molecular formula is C53H97NO7. The first-order valence-corrected chi connectivity index (χ1v) is 25.5. The minimum atomic E-state index is -1.12. The Morgan fingerprint density at radius 2 is 0.869 bits per heavy atom. The number of hydrogen-bond acceptors (Lipinski definition) is 7. The third-order valence-electron chi connectivity index (χ3n) is 11.5. The number of carbonyl (C=O) groups is 3. The number of aliphatic carboxylic acids is 1.